The summed E-state index contributed by atoms with van der Waals surface area (Å²) in [4.78, 5) is 23.8. The Hall–Kier alpha value is -1.06. The molecule has 0 fully saturated rings. The Balaban J connectivity index is 4.77. The van der Waals surface area contributed by atoms with Gasteiger partial charge >= 0.3 is 5.97 Å². The van der Waals surface area contributed by atoms with Crippen molar-refractivity contribution in [3.8, 4) is 0 Å². The standard InChI is InChI=1S/C11H21NO3/c1-5-7-8(3)10(11(14)15)12(6-2)9(4)13/h8,10H,5-7H2,1-4H3,(H,14,15). The average Bonchev–Trinajstić information content (AvgIpc) is 2.12. The number of hydrogen-bond acceptors (Lipinski definition) is 2. The number of carboxylic acid groups (broad SMARTS) is 1. The Bertz CT molecular complexity index is 228. The zero-order chi connectivity index (χ0) is 12.0. The fourth-order valence-electron chi connectivity index (χ4n) is 1.91. The van der Waals surface area contributed by atoms with E-state index < -0.39 is 12.0 Å². The fourth-order valence-corrected chi connectivity index (χ4v) is 1.91. The minimum Gasteiger partial charge on any atom is -0.480 e. The molecule has 0 saturated heterocycles. The van der Waals surface area contributed by atoms with Gasteiger partial charge in [0.2, 0.25) is 5.91 Å². The molecule has 0 saturated carbocycles. The lowest BCUT2D eigenvalue weighted by Crippen LogP contribution is -2.47. The Morgan fingerprint density at radius 1 is 1.33 bits per heavy atom. The van der Waals surface area contributed by atoms with E-state index in [1.54, 1.807) is 6.92 Å². The van der Waals surface area contributed by atoms with Gasteiger partial charge in [-0.05, 0) is 19.3 Å². The van der Waals surface area contributed by atoms with Crippen LogP contribution in [0.4, 0.5) is 0 Å². The van der Waals surface area contributed by atoms with Crippen molar-refractivity contribution < 1.29 is 14.7 Å². The van der Waals surface area contributed by atoms with Crippen LogP contribution >= 0.6 is 0 Å². The maximum atomic E-state index is 11.3. The third-order valence-corrected chi connectivity index (χ3v) is 2.62. The van der Waals surface area contributed by atoms with Crippen LogP contribution in [0, 0.1) is 5.92 Å². The second kappa shape index (κ2) is 6.43. The number of aliphatic carboxylic acids is 1. The lowest BCUT2D eigenvalue weighted by molar-refractivity contribution is -0.151. The van der Waals surface area contributed by atoms with Gasteiger partial charge in [-0.1, -0.05) is 20.3 Å². The third kappa shape index (κ3) is 3.90. The second-order valence-corrected chi connectivity index (χ2v) is 3.85. The molecule has 0 spiro atoms. The van der Waals surface area contributed by atoms with Crippen molar-refractivity contribution in [1.82, 2.24) is 4.90 Å². The Morgan fingerprint density at radius 2 is 1.87 bits per heavy atom. The molecule has 1 N–H and O–H groups in total. The molecule has 1 amide bonds. The molecule has 2 atom stereocenters. The van der Waals surface area contributed by atoms with Gasteiger partial charge in [-0.3, -0.25) is 4.79 Å². The van der Waals surface area contributed by atoms with Gasteiger partial charge < -0.3 is 10.0 Å². The van der Waals surface area contributed by atoms with Crippen molar-refractivity contribution in [2.75, 3.05) is 6.54 Å². The quantitative estimate of drug-likeness (QED) is 0.734. The Morgan fingerprint density at radius 3 is 2.13 bits per heavy atom. The molecule has 0 aromatic rings. The van der Waals surface area contributed by atoms with Gasteiger partial charge in [0, 0.05) is 13.5 Å². The molecular weight excluding hydrogens is 194 g/mol. The smallest absolute Gasteiger partial charge is 0.326 e. The fraction of sp³-hybridized carbons (Fsp3) is 0.818. The Kier molecular flexibility index (Phi) is 5.97. The van der Waals surface area contributed by atoms with Crippen LogP contribution < -0.4 is 0 Å². The maximum Gasteiger partial charge on any atom is 0.326 e. The third-order valence-electron chi connectivity index (χ3n) is 2.62. The van der Waals surface area contributed by atoms with Gasteiger partial charge in [-0.25, -0.2) is 4.79 Å². The number of carboxylic acids is 1. The van der Waals surface area contributed by atoms with Crippen LogP contribution in [0.3, 0.4) is 0 Å². The van der Waals surface area contributed by atoms with Gasteiger partial charge in [-0.2, -0.15) is 0 Å². The van der Waals surface area contributed by atoms with Crippen LogP contribution in [-0.4, -0.2) is 34.5 Å². The molecule has 15 heavy (non-hydrogen) atoms. The monoisotopic (exact) mass is 215 g/mol. The molecule has 0 aromatic heterocycles. The van der Waals surface area contributed by atoms with E-state index in [-0.39, 0.29) is 11.8 Å². The number of amides is 1. The normalized spacial score (nSPS) is 14.4. The molecule has 0 bridgehead atoms. The molecule has 0 aliphatic rings. The predicted molar refractivity (Wildman–Crippen MR) is 58.6 cm³/mol. The first-order valence-electron chi connectivity index (χ1n) is 5.45. The van der Waals surface area contributed by atoms with Gasteiger partial charge in [0.15, 0.2) is 0 Å². The summed E-state index contributed by atoms with van der Waals surface area (Å²) in [7, 11) is 0. The highest BCUT2D eigenvalue weighted by Gasteiger charge is 2.31. The van der Waals surface area contributed by atoms with E-state index in [0.29, 0.717) is 6.54 Å². The van der Waals surface area contributed by atoms with E-state index in [1.165, 1.54) is 11.8 Å². The summed E-state index contributed by atoms with van der Waals surface area (Å²) >= 11 is 0. The van der Waals surface area contributed by atoms with Crippen molar-refractivity contribution in [1.29, 1.82) is 0 Å². The van der Waals surface area contributed by atoms with Crippen LogP contribution in [0.1, 0.15) is 40.5 Å². The van der Waals surface area contributed by atoms with Crippen molar-refractivity contribution in [2.45, 2.75) is 46.6 Å². The molecular formula is C11H21NO3. The lowest BCUT2D eigenvalue weighted by Gasteiger charge is -2.31. The topological polar surface area (TPSA) is 57.6 Å². The molecule has 0 aromatic carbocycles. The number of rotatable bonds is 6. The molecule has 2 unspecified atom stereocenters. The number of carbonyl (C=O) groups excluding carboxylic acids is 1. The first kappa shape index (κ1) is 13.9. The molecule has 0 rings (SSSR count). The summed E-state index contributed by atoms with van der Waals surface area (Å²) in [6.45, 7) is 7.56. The van der Waals surface area contributed by atoms with Crippen LogP contribution in [0.25, 0.3) is 0 Å². The largest absolute Gasteiger partial charge is 0.480 e. The summed E-state index contributed by atoms with van der Waals surface area (Å²) in [5, 5.41) is 9.13. The molecule has 88 valence electrons. The molecule has 4 nitrogen and oxygen atoms in total. The summed E-state index contributed by atoms with van der Waals surface area (Å²) in [6.07, 6.45) is 1.75. The molecule has 0 radical (unpaired) electrons. The SMILES string of the molecule is CCCC(C)C(C(=O)O)N(CC)C(C)=O. The summed E-state index contributed by atoms with van der Waals surface area (Å²) in [6, 6.07) is -0.688. The van der Waals surface area contributed by atoms with Crippen LogP contribution in [0.15, 0.2) is 0 Å². The van der Waals surface area contributed by atoms with Gasteiger partial charge in [-0.15, -0.1) is 0 Å². The van der Waals surface area contributed by atoms with Gasteiger partial charge in [0.25, 0.3) is 0 Å². The van der Waals surface area contributed by atoms with Crippen molar-refractivity contribution in [3.05, 3.63) is 0 Å². The second-order valence-electron chi connectivity index (χ2n) is 3.85. The van der Waals surface area contributed by atoms with Crippen LogP contribution in [0.2, 0.25) is 0 Å². The molecule has 0 heterocycles. The minimum atomic E-state index is -0.909. The molecule has 0 aliphatic carbocycles. The molecule has 0 aliphatic heterocycles. The maximum absolute atomic E-state index is 11.3. The van der Waals surface area contributed by atoms with Gasteiger partial charge in [0.05, 0.1) is 0 Å². The summed E-state index contributed by atoms with van der Waals surface area (Å²) in [5.41, 5.74) is 0. The predicted octanol–water partition coefficient (Wildman–Crippen LogP) is 1.74. The highest BCUT2D eigenvalue weighted by atomic mass is 16.4. The number of likely N-dealkylation sites (N-methyl/N-ethyl adjacent to an activating group) is 1. The van der Waals surface area contributed by atoms with E-state index in [0.717, 1.165) is 12.8 Å². The number of hydrogen-bond donors (Lipinski definition) is 1. The van der Waals surface area contributed by atoms with Crippen molar-refractivity contribution >= 4 is 11.9 Å². The first-order valence-corrected chi connectivity index (χ1v) is 5.45. The lowest BCUT2D eigenvalue weighted by atomic mass is 9.95. The highest BCUT2D eigenvalue weighted by molar-refractivity contribution is 5.82. The van der Waals surface area contributed by atoms with Crippen molar-refractivity contribution in [2.24, 2.45) is 5.92 Å². The van der Waals surface area contributed by atoms with Gasteiger partial charge in [0.1, 0.15) is 6.04 Å². The average molecular weight is 215 g/mol. The molecule has 4 heteroatoms. The van der Waals surface area contributed by atoms with E-state index in [9.17, 15) is 9.59 Å². The van der Waals surface area contributed by atoms with Crippen molar-refractivity contribution in [3.63, 3.8) is 0 Å². The zero-order valence-corrected chi connectivity index (χ0v) is 9.99. The van der Waals surface area contributed by atoms with E-state index >= 15 is 0 Å². The number of nitrogens with zero attached hydrogens (tertiary/aromatic N) is 1. The van der Waals surface area contributed by atoms with E-state index in [1.807, 2.05) is 13.8 Å². The summed E-state index contributed by atoms with van der Waals surface area (Å²) in [5.74, 6) is -1.09. The van der Waals surface area contributed by atoms with E-state index in [2.05, 4.69) is 0 Å². The first-order chi connectivity index (χ1) is 6.95. The Labute approximate surface area is 91.3 Å². The van der Waals surface area contributed by atoms with E-state index in [4.69, 9.17) is 5.11 Å². The summed E-state index contributed by atoms with van der Waals surface area (Å²) < 4.78 is 0. The number of carbonyl (C=O) groups is 2. The minimum absolute atomic E-state index is 0.00338. The highest BCUT2D eigenvalue weighted by Crippen LogP contribution is 2.17. The van der Waals surface area contributed by atoms with Crippen LogP contribution in [-0.2, 0) is 9.59 Å². The van der Waals surface area contributed by atoms with Crippen LogP contribution in [0.5, 0.6) is 0 Å². The zero-order valence-electron chi connectivity index (χ0n) is 9.99.